The molecule has 0 bridgehead atoms. The summed E-state index contributed by atoms with van der Waals surface area (Å²) in [7, 11) is 0. The zero-order chi connectivity index (χ0) is 17.7. The smallest absolute Gasteiger partial charge is 0.230 e. The van der Waals surface area contributed by atoms with Crippen LogP contribution in [0.5, 0.6) is 0 Å². The van der Waals surface area contributed by atoms with Crippen molar-refractivity contribution in [3.63, 3.8) is 0 Å². The van der Waals surface area contributed by atoms with E-state index < -0.39 is 0 Å². The summed E-state index contributed by atoms with van der Waals surface area (Å²) in [5, 5.41) is 12.8. The van der Waals surface area contributed by atoms with Gasteiger partial charge in [-0.1, -0.05) is 23.9 Å². The van der Waals surface area contributed by atoms with Gasteiger partial charge in [-0.05, 0) is 38.5 Å². The Hall–Kier alpha value is -1.86. The SMILES string of the molecule is CC(C)(C)NC(=O)CSc1nc(CO)cn1Cc1ccc(F)cc1. The van der Waals surface area contributed by atoms with Crippen LogP contribution in [0.15, 0.2) is 35.6 Å². The number of nitrogens with one attached hydrogen (secondary N) is 1. The average Bonchev–Trinajstić information content (AvgIpc) is 2.88. The lowest BCUT2D eigenvalue weighted by molar-refractivity contribution is -0.119. The number of aliphatic hydroxyl groups is 1. The van der Waals surface area contributed by atoms with E-state index in [0.717, 1.165) is 5.56 Å². The summed E-state index contributed by atoms with van der Waals surface area (Å²) in [6.07, 6.45) is 1.74. The standard InChI is InChI=1S/C17H22FN3O2S/c1-17(2,3)20-15(23)11-24-16-19-14(10-22)9-21(16)8-12-4-6-13(18)7-5-12/h4-7,9,22H,8,10-11H2,1-3H3,(H,20,23). The third-order valence-corrected chi connectivity index (χ3v) is 4.06. The van der Waals surface area contributed by atoms with Crippen LogP contribution in [0.4, 0.5) is 4.39 Å². The summed E-state index contributed by atoms with van der Waals surface area (Å²) in [5.74, 6) is -0.119. The van der Waals surface area contributed by atoms with Crippen molar-refractivity contribution in [1.29, 1.82) is 0 Å². The fraction of sp³-hybridized carbons (Fsp3) is 0.412. The second kappa shape index (κ2) is 7.81. The maximum absolute atomic E-state index is 13.0. The molecule has 0 aliphatic rings. The van der Waals surface area contributed by atoms with Crippen LogP contribution in [0, 0.1) is 5.82 Å². The third kappa shape index (κ3) is 5.65. The lowest BCUT2D eigenvalue weighted by Crippen LogP contribution is -2.41. The van der Waals surface area contributed by atoms with Crippen molar-refractivity contribution >= 4 is 17.7 Å². The molecule has 1 heterocycles. The molecular weight excluding hydrogens is 329 g/mol. The van der Waals surface area contributed by atoms with Crippen molar-refractivity contribution in [3.05, 3.63) is 47.5 Å². The molecule has 1 aromatic heterocycles. The number of nitrogens with zero attached hydrogens (tertiary/aromatic N) is 2. The van der Waals surface area contributed by atoms with E-state index in [4.69, 9.17) is 0 Å². The zero-order valence-electron chi connectivity index (χ0n) is 14.0. The molecule has 5 nitrogen and oxygen atoms in total. The Kier molecular flexibility index (Phi) is 6.01. The highest BCUT2D eigenvalue weighted by Crippen LogP contribution is 2.20. The van der Waals surface area contributed by atoms with Gasteiger partial charge in [0.2, 0.25) is 5.91 Å². The van der Waals surface area contributed by atoms with Crippen molar-refractivity contribution in [1.82, 2.24) is 14.9 Å². The number of benzene rings is 1. The first kappa shape index (κ1) is 18.5. The molecule has 24 heavy (non-hydrogen) atoms. The van der Waals surface area contributed by atoms with E-state index in [-0.39, 0.29) is 29.6 Å². The Labute approximate surface area is 145 Å². The first-order chi connectivity index (χ1) is 11.3. The first-order valence-corrected chi connectivity index (χ1v) is 8.60. The number of halogens is 1. The van der Waals surface area contributed by atoms with Crippen LogP contribution >= 0.6 is 11.8 Å². The van der Waals surface area contributed by atoms with Crippen LogP contribution in [0.3, 0.4) is 0 Å². The molecule has 0 spiro atoms. The summed E-state index contributed by atoms with van der Waals surface area (Å²) in [5.41, 5.74) is 1.17. The minimum Gasteiger partial charge on any atom is -0.390 e. The van der Waals surface area contributed by atoms with Crippen molar-refractivity contribution in [2.75, 3.05) is 5.75 Å². The largest absolute Gasteiger partial charge is 0.390 e. The van der Waals surface area contributed by atoms with E-state index >= 15 is 0 Å². The molecule has 0 radical (unpaired) electrons. The molecule has 0 atom stereocenters. The van der Waals surface area contributed by atoms with Gasteiger partial charge in [0.25, 0.3) is 0 Å². The molecule has 0 saturated carbocycles. The molecule has 130 valence electrons. The summed E-state index contributed by atoms with van der Waals surface area (Å²) >= 11 is 1.31. The van der Waals surface area contributed by atoms with Gasteiger partial charge in [-0.15, -0.1) is 0 Å². The van der Waals surface area contributed by atoms with Crippen LogP contribution in [0.1, 0.15) is 32.0 Å². The van der Waals surface area contributed by atoms with Crippen LogP contribution in [0.2, 0.25) is 0 Å². The van der Waals surface area contributed by atoms with E-state index in [1.165, 1.54) is 23.9 Å². The lowest BCUT2D eigenvalue weighted by Gasteiger charge is -2.20. The number of hydrogen-bond acceptors (Lipinski definition) is 4. The molecule has 1 amide bonds. The molecule has 0 aliphatic carbocycles. The summed E-state index contributed by atoms with van der Waals surface area (Å²) < 4.78 is 14.9. The Morgan fingerprint density at radius 3 is 2.58 bits per heavy atom. The van der Waals surface area contributed by atoms with E-state index in [1.54, 1.807) is 18.3 Å². The minimum atomic E-state index is -0.283. The van der Waals surface area contributed by atoms with E-state index in [1.807, 2.05) is 25.3 Å². The quantitative estimate of drug-likeness (QED) is 0.785. The fourth-order valence-corrected chi connectivity index (χ4v) is 2.92. The maximum atomic E-state index is 13.0. The fourth-order valence-electron chi connectivity index (χ4n) is 2.13. The van der Waals surface area contributed by atoms with Crippen LogP contribution in [-0.2, 0) is 17.9 Å². The molecule has 7 heteroatoms. The normalized spacial score (nSPS) is 11.5. The number of amides is 1. The molecule has 0 aliphatic heterocycles. The van der Waals surface area contributed by atoms with Gasteiger partial charge in [0.1, 0.15) is 5.82 Å². The number of carbonyl (C=O) groups excluding carboxylic acids is 1. The lowest BCUT2D eigenvalue weighted by atomic mass is 10.1. The number of carbonyl (C=O) groups is 1. The van der Waals surface area contributed by atoms with Crippen LogP contribution in [-0.4, -0.2) is 31.9 Å². The molecule has 0 fully saturated rings. The zero-order valence-corrected chi connectivity index (χ0v) is 14.9. The first-order valence-electron chi connectivity index (χ1n) is 7.62. The van der Waals surface area contributed by atoms with Gasteiger partial charge >= 0.3 is 0 Å². The predicted octanol–water partition coefficient (Wildman–Crippen LogP) is 2.57. The van der Waals surface area contributed by atoms with Gasteiger partial charge < -0.3 is 15.0 Å². The Bertz CT molecular complexity index is 693. The number of rotatable bonds is 6. The second-order valence-corrected chi connectivity index (χ2v) is 7.46. The number of hydrogen-bond donors (Lipinski definition) is 2. The molecule has 2 aromatic rings. The van der Waals surface area contributed by atoms with Crippen molar-refractivity contribution < 1.29 is 14.3 Å². The summed E-state index contributed by atoms with van der Waals surface area (Å²) in [6.45, 7) is 6.10. The maximum Gasteiger partial charge on any atom is 0.230 e. The summed E-state index contributed by atoms with van der Waals surface area (Å²) in [6, 6.07) is 6.22. The van der Waals surface area contributed by atoms with Crippen molar-refractivity contribution in [3.8, 4) is 0 Å². The molecular formula is C17H22FN3O2S. The molecule has 0 saturated heterocycles. The molecule has 0 unspecified atom stereocenters. The number of aromatic nitrogens is 2. The van der Waals surface area contributed by atoms with Gasteiger partial charge in [0.05, 0.1) is 18.1 Å². The Morgan fingerprint density at radius 2 is 2.00 bits per heavy atom. The molecule has 1 aromatic carbocycles. The Balaban J connectivity index is 2.07. The molecule has 2 rings (SSSR count). The minimum absolute atomic E-state index is 0.0746. The van der Waals surface area contributed by atoms with Crippen LogP contribution in [0.25, 0.3) is 0 Å². The van der Waals surface area contributed by atoms with Gasteiger partial charge in [0.15, 0.2) is 5.16 Å². The average molecular weight is 351 g/mol. The van der Waals surface area contributed by atoms with E-state index in [9.17, 15) is 14.3 Å². The number of thioether (sulfide) groups is 1. The van der Waals surface area contributed by atoms with Gasteiger partial charge in [-0.3, -0.25) is 4.79 Å². The second-order valence-electron chi connectivity index (χ2n) is 6.51. The highest BCUT2D eigenvalue weighted by Gasteiger charge is 2.16. The van der Waals surface area contributed by atoms with E-state index in [2.05, 4.69) is 10.3 Å². The highest BCUT2D eigenvalue weighted by molar-refractivity contribution is 7.99. The van der Waals surface area contributed by atoms with E-state index in [0.29, 0.717) is 17.4 Å². The van der Waals surface area contributed by atoms with Crippen LogP contribution < -0.4 is 5.32 Å². The summed E-state index contributed by atoms with van der Waals surface area (Å²) in [4.78, 5) is 16.3. The predicted molar refractivity (Wildman–Crippen MR) is 92.3 cm³/mol. The monoisotopic (exact) mass is 351 g/mol. The third-order valence-electron chi connectivity index (χ3n) is 3.06. The Morgan fingerprint density at radius 1 is 1.33 bits per heavy atom. The van der Waals surface area contributed by atoms with Gasteiger partial charge in [0, 0.05) is 18.3 Å². The molecule has 2 N–H and O–H groups in total. The van der Waals surface area contributed by atoms with Gasteiger partial charge in [-0.2, -0.15) is 0 Å². The van der Waals surface area contributed by atoms with Gasteiger partial charge in [-0.25, -0.2) is 9.37 Å². The number of aliphatic hydroxyl groups excluding tert-OH is 1. The topological polar surface area (TPSA) is 67.2 Å². The van der Waals surface area contributed by atoms with Crippen molar-refractivity contribution in [2.45, 2.75) is 44.6 Å². The highest BCUT2D eigenvalue weighted by atomic mass is 32.2. The van der Waals surface area contributed by atoms with Crippen molar-refractivity contribution in [2.24, 2.45) is 0 Å². The number of imidazole rings is 1.